The van der Waals surface area contributed by atoms with Crippen molar-refractivity contribution in [1.82, 2.24) is 5.32 Å². The Morgan fingerprint density at radius 1 is 1.64 bits per heavy atom. The molecular weight excluding hydrogens is 201 g/mol. The van der Waals surface area contributed by atoms with Crippen LogP contribution in [-0.2, 0) is 4.79 Å². The first-order chi connectivity index (χ1) is 6.26. The van der Waals surface area contributed by atoms with Crippen LogP contribution in [0.4, 0.5) is 13.2 Å². The maximum absolute atomic E-state index is 12.1. The highest BCUT2D eigenvalue weighted by atomic mass is 19.4. The normalized spacial score (nSPS) is 26.7. The van der Waals surface area contributed by atoms with Gasteiger partial charge in [-0.15, -0.1) is 0 Å². The number of carboxylic acids is 1. The van der Waals surface area contributed by atoms with E-state index in [-0.39, 0.29) is 0 Å². The summed E-state index contributed by atoms with van der Waals surface area (Å²) < 4.78 is 36.4. The van der Waals surface area contributed by atoms with E-state index in [1.54, 1.807) is 0 Å². The summed E-state index contributed by atoms with van der Waals surface area (Å²) in [6.07, 6.45) is -3.02. The molecule has 0 aromatic heterocycles. The van der Waals surface area contributed by atoms with E-state index in [2.05, 4.69) is 10.3 Å². The maximum atomic E-state index is 12.1. The zero-order chi connectivity index (χ0) is 11.0. The van der Waals surface area contributed by atoms with Crippen LogP contribution in [0.2, 0.25) is 0 Å². The van der Waals surface area contributed by atoms with E-state index < -0.39 is 23.5 Å². The molecule has 1 unspecified atom stereocenters. The second-order valence-electron chi connectivity index (χ2n) is 2.85. The molecule has 0 amide bonds. The molecule has 1 rings (SSSR count). The Morgan fingerprint density at radius 2 is 2.21 bits per heavy atom. The van der Waals surface area contributed by atoms with Crippen LogP contribution < -0.4 is 5.32 Å². The van der Waals surface area contributed by atoms with Crippen LogP contribution in [0, 0.1) is 0 Å². The first-order valence-corrected chi connectivity index (χ1v) is 3.60. The second-order valence-corrected chi connectivity index (χ2v) is 2.85. The molecule has 7 heteroatoms. The van der Waals surface area contributed by atoms with Crippen molar-refractivity contribution < 1.29 is 23.1 Å². The number of carbonyl (C=O) groups is 1. The summed E-state index contributed by atoms with van der Waals surface area (Å²) in [5.41, 5.74) is -3.15. The zero-order valence-electron chi connectivity index (χ0n) is 7.09. The summed E-state index contributed by atoms with van der Waals surface area (Å²) in [5, 5.41) is 10.8. The van der Waals surface area contributed by atoms with E-state index in [0.29, 0.717) is 6.08 Å². The van der Waals surface area contributed by atoms with Crippen molar-refractivity contribution in [2.75, 3.05) is 0 Å². The quantitative estimate of drug-likeness (QED) is 0.673. The molecule has 0 aliphatic carbocycles. The highest BCUT2D eigenvalue weighted by Crippen LogP contribution is 2.23. The van der Waals surface area contributed by atoms with Gasteiger partial charge in [-0.25, -0.2) is 9.79 Å². The molecule has 78 valence electrons. The lowest BCUT2D eigenvalue weighted by Crippen LogP contribution is -2.49. The van der Waals surface area contributed by atoms with Crippen LogP contribution in [0.1, 0.15) is 6.92 Å². The summed E-state index contributed by atoms with van der Waals surface area (Å²) in [6.45, 7) is 1.05. The fourth-order valence-electron chi connectivity index (χ4n) is 0.861. The average Bonchev–Trinajstić information content (AvgIpc) is 2.02. The fraction of sp³-hybridized carbons (Fsp3) is 0.429. The summed E-state index contributed by atoms with van der Waals surface area (Å²) >= 11 is 0. The molecule has 0 saturated heterocycles. The number of hydrogen-bond acceptors (Lipinski definition) is 3. The maximum Gasteiger partial charge on any atom is 0.433 e. The van der Waals surface area contributed by atoms with Gasteiger partial charge in [-0.3, -0.25) is 0 Å². The van der Waals surface area contributed by atoms with Gasteiger partial charge in [0.2, 0.25) is 5.66 Å². The number of halogens is 3. The lowest BCUT2D eigenvalue weighted by molar-refractivity contribution is -0.143. The lowest BCUT2D eigenvalue weighted by atomic mass is 10.1. The van der Waals surface area contributed by atoms with Crippen LogP contribution >= 0.6 is 0 Å². The molecular formula is C7H7F3N2O2. The number of aliphatic carboxylic acids is 1. The summed E-state index contributed by atoms with van der Waals surface area (Å²) in [7, 11) is 0. The topological polar surface area (TPSA) is 61.7 Å². The third-order valence-corrected chi connectivity index (χ3v) is 1.66. The smallest absolute Gasteiger partial charge is 0.433 e. The van der Waals surface area contributed by atoms with E-state index in [0.717, 1.165) is 13.1 Å². The highest BCUT2D eigenvalue weighted by molar-refractivity contribution is 6.02. The van der Waals surface area contributed by atoms with Gasteiger partial charge in [0.05, 0.1) is 0 Å². The van der Waals surface area contributed by atoms with Crippen LogP contribution in [0.15, 0.2) is 17.3 Å². The van der Waals surface area contributed by atoms with Crippen molar-refractivity contribution in [2.45, 2.75) is 18.8 Å². The number of rotatable bonds is 1. The molecule has 0 aromatic rings. The molecule has 0 bridgehead atoms. The van der Waals surface area contributed by atoms with Crippen LogP contribution in [-0.4, -0.2) is 28.6 Å². The highest BCUT2D eigenvalue weighted by Gasteiger charge is 2.41. The number of nitrogens with one attached hydrogen (secondary N) is 1. The largest absolute Gasteiger partial charge is 0.478 e. The van der Waals surface area contributed by atoms with E-state index in [1.165, 1.54) is 0 Å². The second kappa shape index (κ2) is 3.00. The Morgan fingerprint density at radius 3 is 2.64 bits per heavy atom. The molecule has 1 heterocycles. The fourth-order valence-corrected chi connectivity index (χ4v) is 0.861. The molecule has 4 nitrogen and oxygen atoms in total. The monoisotopic (exact) mass is 208 g/mol. The number of nitrogens with zero attached hydrogens (tertiary/aromatic N) is 1. The molecule has 0 spiro atoms. The van der Waals surface area contributed by atoms with Gasteiger partial charge in [0.1, 0.15) is 5.71 Å². The minimum Gasteiger partial charge on any atom is -0.478 e. The molecule has 2 N–H and O–H groups in total. The first-order valence-electron chi connectivity index (χ1n) is 3.60. The van der Waals surface area contributed by atoms with E-state index in [4.69, 9.17) is 5.11 Å². The Kier molecular flexibility index (Phi) is 2.26. The van der Waals surface area contributed by atoms with Gasteiger partial charge in [0.15, 0.2) is 0 Å². The van der Waals surface area contributed by atoms with Crippen molar-refractivity contribution in [1.29, 1.82) is 0 Å². The minimum absolute atomic E-state index is 0.685. The number of aliphatic imine (C=N–C) groups is 1. The predicted octanol–water partition coefficient (Wildman–Crippen LogP) is 0.907. The van der Waals surface area contributed by atoms with Crippen molar-refractivity contribution in [2.24, 2.45) is 4.99 Å². The van der Waals surface area contributed by atoms with Gasteiger partial charge < -0.3 is 10.4 Å². The summed E-state index contributed by atoms with van der Waals surface area (Å²) in [6, 6.07) is 0. The SMILES string of the molecule is CC1(C(=O)O)N=C(C(F)(F)F)C=CN1. The van der Waals surface area contributed by atoms with E-state index >= 15 is 0 Å². The third-order valence-electron chi connectivity index (χ3n) is 1.66. The molecule has 0 aromatic carbocycles. The van der Waals surface area contributed by atoms with Crippen molar-refractivity contribution in [3.05, 3.63) is 12.3 Å². The molecule has 14 heavy (non-hydrogen) atoms. The molecule has 1 aliphatic rings. The Balaban J connectivity index is 3.06. The Labute approximate surface area is 77.1 Å². The van der Waals surface area contributed by atoms with Gasteiger partial charge in [0.25, 0.3) is 0 Å². The minimum atomic E-state index is -4.63. The van der Waals surface area contributed by atoms with Gasteiger partial charge in [-0.1, -0.05) is 0 Å². The third kappa shape index (κ3) is 1.86. The van der Waals surface area contributed by atoms with Gasteiger partial charge in [-0.05, 0) is 13.0 Å². The standard InChI is InChI=1S/C7H7F3N2O2/c1-6(5(13)14)11-3-2-4(12-6)7(8,9)10/h2-3,11H,1H3,(H,13,14). The van der Waals surface area contributed by atoms with E-state index in [1.807, 2.05) is 0 Å². The predicted molar refractivity (Wildman–Crippen MR) is 41.8 cm³/mol. The molecule has 1 aliphatic heterocycles. The zero-order valence-corrected chi connectivity index (χ0v) is 7.09. The van der Waals surface area contributed by atoms with Crippen molar-refractivity contribution >= 4 is 11.7 Å². The number of alkyl halides is 3. The van der Waals surface area contributed by atoms with Crippen molar-refractivity contribution in [3.8, 4) is 0 Å². The summed E-state index contributed by atoms with van der Waals surface area (Å²) in [5.74, 6) is -1.47. The summed E-state index contributed by atoms with van der Waals surface area (Å²) in [4.78, 5) is 13.7. The first kappa shape index (κ1) is 10.6. The molecule has 0 radical (unpaired) electrons. The molecule has 0 saturated carbocycles. The van der Waals surface area contributed by atoms with Crippen LogP contribution in [0.5, 0.6) is 0 Å². The number of carboxylic acid groups (broad SMARTS) is 1. The molecule has 1 atom stereocenters. The average molecular weight is 208 g/mol. The van der Waals surface area contributed by atoms with Crippen molar-refractivity contribution in [3.63, 3.8) is 0 Å². The lowest BCUT2D eigenvalue weighted by Gasteiger charge is -2.25. The van der Waals surface area contributed by atoms with Gasteiger partial charge in [0, 0.05) is 6.20 Å². The Bertz CT molecular complexity index is 321. The van der Waals surface area contributed by atoms with Crippen LogP contribution in [0.3, 0.4) is 0 Å². The number of hydrogen-bond donors (Lipinski definition) is 2. The molecule has 0 fully saturated rings. The number of allylic oxidation sites excluding steroid dienone is 1. The van der Waals surface area contributed by atoms with Gasteiger partial charge >= 0.3 is 12.1 Å². The van der Waals surface area contributed by atoms with E-state index in [9.17, 15) is 18.0 Å². The van der Waals surface area contributed by atoms with Crippen LogP contribution in [0.25, 0.3) is 0 Å². The van der Waals surface area contributed by atoms with Gasteiger partial charge in [-0.2, -0.15) is 13.2 Å². The Hall–Kier alpha value is -1.53.